The topological polar surface area (TPSA) is 103 Å². The van der Waals surface area contributed by atoms with Gasteiger partial charge in [-0.05, 0) is 60.1 Å². The second kappa shape index (κ2) is 11.9. The standard InChI is InChI=1S/C20H33N3O4/c1-8-10-15(12-16(11-9-2)26-14(3)4)18(21)23-17(24)13-22-19(25)27-20(5,6)7/h8,10-12,14H,9,13H2,1-7H3,(H,22,25)(H2,21,23,24)/b10-8-,15-12+,16-11-. The number of alkyl carbamates (subject to hydrolysis) is 1. The summed E-state index contributed by atoms with van der Waals surface area (Å²) in [5, 5.41) is 2.36. The predicted molar refractivity (Wildman–Crippen MR) is 108 cm³/mol. The molecule has 0 aliphatic rings. The maximum absolute atomic E-state index is 12.0. The average Bonchev–Trinajstić information content (AvgIpc) is 2.50. The second-order valence-electron chi connectivity index (χ2n) is 7.03. The van der Waals surface area contributed by atoms with E-state index in [1.807, 2.05) is 33.8 Å². The number of nitrogens with one attached hydrogen (secondary N) is 1. The molecule has 0 radical (unpaired) electrons. The molecule has 152 valence electrons. The Morgan fingerprint density at radius 3 is 2.37 bits per heavy atom. The lowest BCUT2D eigenvalue weighted by Crippen LogP contribution is -2.35. The summed E-state index contributed by atoms with van der Waals surface area (Å²) in [7, 11) is 0. The molecule has 7 nitrogen and oxygen atoms in total. The van der Waals surface area contributed by atoms with Crippen LogP contribution in [0.3, 0.4) is 0 Å². The quantitative estimate of drug-likeness (QED) is 0.290. The van der Waals surface area contributed by atoms with Crippen LogP contribution in [0.25, 0.3) is 0 Å². The molecule has 0 fully saturated rings. The summed E-state index contributed by atoms with van der Waals surface area (Å²) in [5.74, 6) is 0.107. The highest BCUT2D eigenvalue weighted by Gasteiger charge is 2.16. The molecule has 0 aromatic carbocycles. The first-order valence-corrected chi connectivity index (χ1v) is 9.03. The largest absolute Gasteiger partial charge is 0.491 e. The lowest BCUT2D eigenvalue weighted by Gasteiger charge is -2.19. The first-order valence-electron chi connectivity index (χ1n) is 9.03. The van der Waals surface area contributed by atoms with Crippen LogP contribution >= 0.6 is 0 Å². The molecule has 0 unspecified atom stereocenters. The Kier molecular flexibility index (Phi) is 10.8. The van der Waals surface area contributed by atoms with E-state index in [1.165, 1.54) is 0 Å². The summed E-state index contributed by atoms with van der Waals surface area (Å²) in [6, 6.07) is 0. The van der Waals surface area contributed by atoms with E-state index in [1.54, 1.807) is 39.0 Å². The summed E-state index contributed by atoms with van der Waals surface area (Å²) in [4.78, 5) is 27.4. The molecular formula is C20H33N3O4. The van der Waals surface area contributed by atoms with E-state index < -0.39 is 17.6 Å². The highest BCUT2D eigenvalue weighted by molar-refractivity contribution is 6.06. The van der Waals surface area contributed by atoms with E-state index >= 15 is 0 Å². The Labute approximate surface area is 162 Å². The van der Waals surface area contributed by atoms with Gasteiger partial charge in [0.2, 0.25) is 0 Å². The third kappa shape index (κ3) is 12.4. The van der Waals surface area contributed by atoms with Crippen molar-refractivity contribution in [2.24, 2.45) is 10.7 Å². The van der Waals surface area contributed by atoms with Gasteiger partial charge in [-0.2, -0.15) is 4.99 Å². The number of carbonyl (C=O) groups excluding carboxylic acids is 2. The van der Waals surface area contributed by atoms with Gasteiger partial charge in [0.25, 0.3) is 5.91 Å². The molecule has 0 rings (SSSR count). The van der Waals surface area contributed by atoms with Crippen molar-refractivity contribution in [2.45, 2.75) is 66.6 Å². The Morgan fingerprint density at radius 2 is 1.89 bits per heavy atom. The van der Waals surface area contributed by atoms with Crippen molar-refractivity contribution in [3.63, 3.8) is 0 Å². The summed E-state index contributed by atoms with van der Waals surface area (Å²) < 4.78 is 10.8. The SMILES string of the molecule is C\C=C/C(=C\C(=C\CC)OC(C)C)C(N)=NC(=O)CNC(=O)OC(C)(C)C. The lowest BCUT2D eigenvalue weighted by atomic mass is 10.2. The van der Waals surface area contributed by atoms with Crippen molar-refractivity contribution in [1.82, 2.24) is 5.32 Å². The summed E-state index contributed by atoms with van der Waals surface area (Å²) in [5.41, 5.74) is 5.87. The smallest absolute Gasteiger partial charge is 0.408 e. The Bertz CT molecular complexity index is 624. The van der Waals surface area contributed by atoms with Crippen molar-refractivity contribution in [1.29, 1.82) is 0 Å². The van der Waals surface area contributed by atoms with Crippen LogP contribution in [0.15, 0.2) is 40.6 Å². The van der Waals surface area contributed by atoms with Gasteiger partial charge in [-0.15, -0.1) is 0 Å². The van der Waals surface area contributed by atoms with Crippen LogP contribution in [0.1, 0.15) is 54.9 Å². The number of aliphatic imine (C=N–C) groups is 1. The summed E-state index contributed by atoms with van der Waals surface area (Å²) >= 11 is 0. The number of allylic oxidation sites excluding steroid dienone is 3. The molecule has 3 N–H and O–H groups in total. The molecule has 27 heavy (non-hydrogen) atoms. The molecule has 0 saturated carbocycles. The summed E-state index contributed by atoms with van der Waals surface area (Å²) in [6.07, 6.45) is 7.28. The maximum Gasteiger partial charge on any atom is 0.408 e. The molecule has 0 spiro atoms. The molecule has 0 aliphatic heterocycles. The van der Waals surface area contributed by atoms with Crippen LogP contribution in [-0.2, 0) is 14.3 Å². The molecule has 0 bridgehead atoms. The third-order valence-electron chi connectivity index (χ3n) is 2.74. The van der Waals surface area contributed by atoms with Gasteiger partial charge in [-0.1, -0.05) is 19.1 Å². The molecule has 0 aromatic heterocycles. The monoisotopic (exact) mass is 379 g/mol. The van der Waals surface area contributed by atoms with Crippen LogP contribution < -0.4 is 11.1 Å². The second-order valence-corrected chi connectivity index (χ2v) is 7.03. The highest BCUT2D eigenvalue weighted by Crippen LogP contribution is 2.11. The van der Waals surface area contributed by atoms with Gasteiger partial charge in [0.15, 0.2) is 0 Å². The zero-order valence-corrected chi connectivity index (χ0v) is 17.5. The zero-order chi connectivity index (χ0) is 21.0. The normalized spacial score (nSPS) is 13.9. The van der Waals surface area contributed by atoms with Gasteiger partial charge >= 0.3 is 6.09 Å². The Hall–Kier alpha value is -2.57. The summed E-state index contributed by atoms with van der Waals surface area (Å²) in [6.45, 7) is 12.6. The van der Waals surface area contributed by atoms with E-state index in [0.717, 1.165) is 6.42 Å². The minimum atomic E-state index is -0.688. The van der Waals surface area contributed by atoms with Crippen molar-refractivity contribution in [2.75, 3.05) is 6.54 Å². The van der Waals surface area contributed by atoms with Gasteiger partial charge in [0.05, 0.1) is 6.10 Å². The number of amides is 2. The number of hydrogen-bond donors (Lipinski definition) is 2. The fourth-order valence-electron chi connectivity index (χ4n) is 1.86. The molecule has 0 atom stereocenters. The van der Waals surface area contributed by atoms with E-state index in [-0.39, 0.29) is 18.5 Å². The molecule has 0 saturated heterocycles. The molecule has 2 amide bonds. The number of carbonyl (C=O) groups is 2. The van der Waals surface area contributed by atoms with Crippen molar-refractivity contribution >= 4 is 17.8 Å². The van der Waals surface area contributed by atoms with E-state index in [2.05, 4.69) is 10.3 Å². The van der Waals surface area contributed by atoms with Crippen LogP contribution in [0.5, 0.6) is 0 Å². The molecule has 0 heterocycles. The van der Waals surface area contributed by atoms with E-state index in [4.69, 9.17) is 15.2 Å². The minimum Gasteiger partial charge on any atom is -0.491 e. The number of nitrogens with zero attached hydrogens (tertiary/aromatic N) is 1. The fourth-order valence-corrected chi connectivity index (χ4v) is 1.86. The van der Waals surface area contributed by atoms with Gasteiger partial charge in [-0.3, -0.25) is 4.79 Å². The minimum absolute atomic E-state index is 0.00345. The van der Waals surface area contributed by atoms with Crippen LogP contribution in [0.4, 0.5) is 4.79 Å². The van der Waals surface area contributed by atoms with Gasteiger partial charge in [-0.25, -0.2) is 4.79 Å². The lowest BCUT2D eigenvalue weighted by molar-refractivity contribution is -0.117. The molecule has 7 heteroatoms. The molecule has 0 aliphatic carbocycles. The zero-order valence-electron chi connectivity index (χ0n) is 17.5. The fraction of sp³-hybridized carbons (Fsp3) is 0.550. The number of rotatable bonds is 8. The average molecular weight is 380 g/mol. The highest BCUT2D eigenvalue weighted by atomic mass is 16.6. The first kappa shape index (κ1) is 24.4. The van der Waals surface area contributed by atoms with Gasteiger partial charge in [0, 0.05) is 5.57 Å². The Balaban J connectivity index is 5.20. The third-order valence-corrected chi connectivity index (χ3v) is 2.74. The van der Waals surface area contributed by atoms with Crippen LogP contribution in [0, 0.1) is 0 Å². The van der Waals surface area contributed by atoms with E-state index in [9.17, 15) is 9.59 Å². The van der Waals surface area contributed by atoms with Crippen molar-refractivity contribution in [3.05, 3.63) is 35.6 Å². The van der Waals surface area contributed by atoms with Gasteiger partial charge < -0.3 is 20.5 Å². The number of nitrogens with two attached hydrogens (primary N) is 1. The maximum atomic E-state index is 12.0. The van der Waals surface area contributed by atoms with E-state index in [0.29, 0.717) is 11.3 Å². The Morgan fingerprint density at radius 1 is 1.26 bits per heavy atom. The van der Waals surface area contributed by atoms with Gasteiger partial charge in [0.1, 0.15) is 23.7 Å². The van der Waals surface area contributed by atoms with Crippen LogP contribution in [-0.4, -0.2) is 36.1 Å². The van der Waals surface area contributed by atoms with Crippen molar-refractivity contribution in [3.8, 4) is 0 Å². The molecule has 0 aromatic rings. The number of ether oxygens (including phenoxy) is 2. The van der Waals surface area contributed by atoms with Crippen molar-refractivity contribution < 1.29 is 19.1 Å². The number of hydrogen-bond acceptors (Lipinski definition) is 4. The number of amidine groups is 1. The predicted octanol–water partition coefficient (Wildman–Crippen LogP) is 3.62. The molecular weight excluding hydrogens is 346 g/mol. The first-order chi connectivity index (χ1) is 12.5. The van der Waals surface area contributed by atoms with Crippen LogP contribution in [0.2, 0.25) is 0 Å².